The number of hydrogen-bond donors (Lipinski definition) is 1. The Bertz CT molecular complexity index is 4930. The maximum atomic E-state index is 16.0. The van der Waals surface area contributed by atoms with Gasteiger partial charge in [0, 0.05) is 41.4 Å². The monoisotopic (exact) mass is 1630 g/mol. The van der Waals surface area contributed by atoms with Crippen molar-refractivity contribution < 1.29 is 112 Å². The first-order valence-corrected chi connectivity index (χ1v) is 40.2. The molecule has 6 aromatic rings. The molecule has 5 atom stereocenters. The minimum absolute atomic E-state index is 0.0232. The first kappa shape index (κ1) is 86.0. The van der Waals surface area contributed by atoms with E-state index in [1.165, 1.54) is 45.9 Å². The van der Waals surface area contributed by atoms with Gasteiger partial charge in [0.15, 0.2) is 21.3 Å². The van der Waals surface area contributed by atoms with Crippen molar-refractivity contribution in [2.24, 2.45) is 5.92 Å². The van der Waals surface area contributed by atoms with Crippen LogP contribution < -0.4 is 9.62 Å². The summed E-state index contributed by atoms with van der Waals surface area (Å²) in [5.41, 5.74) is -10.4. The number of halogens is 11. The maximum Gasteiger partial charge on any atom is 0.475 e. The zero-order chi connectivity index (χ0) is 82.3. The van der Waals surface area contributed by atoms with Gasteiger partial charge in [0.05, 0.1) is 59.2 Å². The van der Waals surface area contributed by atoms with Gasteiger partial charge in [0.2, 0.25) is 27.7 Å². The number of pyridine rings is 1. The van der Waals surface area contributed by atoms with Crippen LogP contribution in [-0.4, -0.2) is 135 Å². The highest BCUT2D eigenvalue weighted by Gasteiger charge is 2.68. The number of hydrogen-bond acceptors (Lipinski definition) is 18. The summed E-state index contributed by atoms with van der Waals surface area (Å²) >= 11 is 7.01. The molecule has 4 heterocycles. The van der Waals surface area contributed by atoms with E-state index >= 15 is 40.3 Å². The van der Waals surface area contributed by atoms with Crippen LogP contribution in [0.3, 0.4) is 0 Å². The summed E-state index contributed by atoms with van der Waals surface area (Å²) in [6.07, 6.45) is -13.7. The molecule has 1 saturated carbocycles. The number of esters is 2. The predicted octanol–water partition coefficient (Wildman–Crippen LogP) is 14.0. The lowest BCUT2D eigenvalue weighted by molar-refractivity contribution is -0.169. The van der Waals surface area contributed by atoms with E-state index in [0.717, 1.165) is 47.6 Å². The Balaban J connectivity index is 1.23. The average Bonchev–Trinajstić information content (AvgIpc) is 1.51. The molecule has 2 aliphatic carbocycles. The maximum absolute atomic E-state index is 16.0. The second-order valence-corrected chi connectivity index (χ2v) is 37.5. The van der Waals surface area contributed by atoms with Gasteiger partial charge in [-0.1, -0.05) is 55.6 Å². The van der Waals surface area contributed by atoms with Gasteiger partial charge in [0.1, 0.15) is 64.1 Å². The van der Waals surface area contributed by atoms with Crippen molar-refractivity contribution in [1.29, 1.82) is 0 Å². The van der Waals surface area contributed by atoms with E-state index in [1.54, 1.807) is 69.2 Å². The lowest BCUT2D eigenvalue weighted by Crippen LogP contribution is -2.51. The standard InChI is InChI=1S/C73H84ClF10N8O15PS2/c1-38(2)106-108(98,107-39(3)4)103-36-42-19-17-18-41(31-55(94)91-52(65(96)104-67(5,6)7)24-25-53(91)66(97)105-68(8,9)10)59(42)69(11,12)34-56(95)92(110(16,101)102)64-58-50(74)23-22-47(61(58)90(88-64)37-71(77,78)79)46-21-20-45(26-27-70(13,14)109(15,99)100)85-60(46)51(30-40-28-43(75)32-44(76)29-40)86-54(93)35-89-63-57(62(87-89)73(82,83)84)48-33-49(48)72(63,80)81/h17-23,28-29,32,38-39,48-49,51-53H,24-25,30-31,33-37H2,1-16H3,(H,86,93)/t48-,49+,51-,52-,53-/m0/s1. The fraction of sp³-hybridized carbons (Fsp3) is 0.534. The van der Waals surface area contributed by atoms with Gasteiger partial charge in [-0.2, -0.15) is 49.6 Å². The van der Waals surface area contributed by atoms with Gasteiger partial charge >= 0.3 is 32.1 Å². The van der Waals surface area contributed by atoms with E-state index in [-0.39, 0.29) is 60.9 Å². The number of alkyl halides is 8. The number of sulfonamides is 1. The summed E-state index contributed by atoms with van der Waals surface area (Å²) in [6.45, 7) is 16.8. The predicted molar refractivity (Wildman–Crippen MR) is 383 cm³/mol. The zero-order valence-electron chi connectivity index (χ0n) is 62.9. The summed E-state index contributed by atoms with van der Waals surface area (Å²) in [7, 11) is -13.7. The molecule has 3 amide bonds. The highest BCUT2D eigenvalue weighted by Crippen LogP contribution is 2.68. The Labute approximate surface area is 634 Å². The average molecular weight is 1630 g/mol. The summed E-state index contributed by atoms with van der Waals surface area (Å²) in [5, 5.41) is 8.77. The highest BCUT2D eigenvalue weighted by molar-refractivity contribution is 7.93. The van der Waals surface area contributed by atoms with Crippen LogP contribution in [0.4, 0.5) is 49.7 Å². The van der Waals surface area contributed by atoms with Crippen LogP contribution in [0.25, 0.3) is 22.0 Å². The number of carbonyl (C=O) groups is 5. The number of sulfone groups is 1. The first-order valence-electron chi connectivity index (χ1n) is 34.6. The minimum Gasteiger partial charge on any atom is -0.458 e. The molecule has 110 heavy (non-hydrogen) atoms. The van der Waals surface area contributed by atoms with Crippen molar-refractivity contribution in [3.8, 4) is 23.0 Å². The lowest BCUT2D eigenvalue weighted by atomic mass is 9.75. The normalized spacial score (nSPS) is 17.9. The van der Waals surface area contributed by atoms with Crippen molar-refractivity contribution in [3.63, 3.8) is 0 Å². The third kappa shape index (κ3) is 19.5. The topological polar surface area (TPSA) is 284 Å². The lowest BCUT2D eigenvalue weighted by Gasteiger charge is -2.34. The Morgan fingerprint density at radius 2 is 1.34 bits per heavy atom. The molecular weight excluding hydrogens is 1550 g/mol. The number of nitrogens with one attached hydrogen (secondary N) is 1. The fourth-order valence-electron chi connectivity index (χ4n) is 13.6. The second-order valence-electron chi connectivity index (χ2n) is 31.1. The molecule has 3 aromatic heterocycles. The number of phosphoric ester groups is 1. The third-order valence-electron chi connectivity index (χ3n) is 18.0. The molecule has 0 radical (unpaired) electrons. The molecule has 0 unspecified atom stereocenters. The molecule has 2 fully saturated rings. The van der Waals surface area contributed by atoms with Crippen molar-refractivity contribution in [3.05, 3.63) is 128 Å². The molecule has 23 nitrogen and oxygen atoms in total. The van der Waals surface area contributed by atoms with Crippen molar-refractivity contribution in [1.82, 2.24) is 34.8 Å². The molecule has 3 aromatic carbocycles. The molecule has 600 valence electrons. The fourth-order valence-corrected chi connectivity index (χ4v) is 16.4. The largest absolute Gasteiger partial charge is 0.475 e. The van der Waals surface area contributed by atoms with E-state index < -0.39 is 245 Å². The Morgan fingerprint density at radius 1 is 0.773 bits per heavy atom. The van der Waals surface area contributed by atoms with Gasteiger partial charge in [-0.15, -0.1) is 0 Å². The van der Waals surface area contributed by atoms with E-state index in [0.29, 0.717) is 12.3 Å². The Hall–Kier alpha value is -8.00. The smallest absolute Gasteiger partial charge is 0.458 e. The van der Waals surface area contributed by atoms with Gasteiger partial charge in [-0.25, -0.2) is 44.8 Å². The summed E-state index contributed by atoms with van der Waals surface area (Å²) in [4.78, 5) is 79.3. The number of amides is 3. The van der Waals surface area contributed by atoms with Crippen LogP contribution in [0.1, 0.15) is 185 Å². The quantitative estimate of drug-likeness (QED) is 0.0241. The molecule has 0 bridgehead atoms. The number of likely N-dealkylation sites (tertiary alicyclic amines) is 1. The van der Waals surface area contributed by atoms with Crippen molar-refractivity contribution >= 4 is 85.7 Å². The second kappa shape index (κ2) is 30.8. The number of nitrogens with zero attached hydrogens (tertiary/aromatic N) is 7. The first-order chi connectivity index (χ1) is 50.3. The molecule has 1 aliphatic heterocycles. The number of ether oxygens (including phenoxy) is 2. The van der Waals surface area contributed by atoms with Crippen molar-refractivity contribution in [2.75, 3.05) is 16.8 Å². The SMILES string of the molecule is CC(C)OP(=O)(OCc1cccc(CC(=O)N2[C@H](C(=O)OC(C)(C)C)CC[C@H]2C(=O)OC(C)(C)C)c1C(C)(C)CC(=O)N(c1nn(CC(F)(F)F)c2c(-c3ccc(C#CC(C)(C)S(C)(=O)=O)nc3[C@H](Cc3cc(F)cc(F)c3)NC(=O)Cn3nc(C(F)(F)F)c4c3C(F)(F)[C@@H]3C[C@H]43)ccc(Cl)c12)S(C)(=O)=O)OC(C)C. The number of rotatable bonds is 25. The number of aromatic nitrogens is 5. The number of anilines is 1. The molecule has 0 spiro atoms. The summed E-state index contributed by atoms with van der Waals surface area (Å²) < 4.78 is 249. The van der Waals surface area contributed by atoms with Gasteiger partial charge in [0.25, 0.3) is 5.92 Å². The third-order valence-corrected chi connectivity index (χ3v) is 23.1. The number of fused-ring (bicyclic) bond motifs is 4. The number of carbonyl (C=O) groups excluding carboxylic acids is 5. The molecular formula is C73H84ClF10N8O15PS2. The van der Waals surface area contributed by atoms with E-state index in [4.69, 9.17) is 34.6 Å². The van der Waals surface area contributed by atoms with Crippen LogP contribution in [0.5, 0.6) is 0 Å². The van der Waals surface area contributed by atoms with E-state index in [2.05, 4.69) is 32.3 Å². The van der Waals surface area contributed by atoms with Crippen LogP contribution in [-0.2, 0) is 121 Å². The van der Waals surface area contributed by atoms with Crippen LogP contribution in [0, 0.1) is 29.4 Å². The van der Waals surface area contributed by atoms with Crippen LogP contribution >= 0.6 is 19.4 Å². The Kier molecular flexibility index (Phi) is 24.1. The molecule has 1 saturated heterocycles. The number of benzene rings is 3. The molecule has 37 heteroatoms. The molecule has 9 rings (SSSR count). The summed E-state index contributed by atoms with van der Waals surface area (Å²) in [6, 6.07) is 6.10. The zero-order valence-corrected chi connectivity index (χ0v) is 66.1. The van der Waals surface area contributed by atoms with Gasteiger partial charge in [-0.3, -0.25) is 37.3 Å². The number of phosphoric acid groups is 1. The van der Waals surface area contributed by atoms with Gasteiger partial charge in [-0.05, 0) is 179 Å². The van der Waals surface area contributed by atoms with E-state index in [1.807, 2.05) is 0 Å². The van der Waals surface area contributed by atoms with E-state index in [9.17, 15) is 49.0 Å². The highest BCUT2D eigenvalue weighted by atomic mass is 35.5. The van der Waals surface area contributed by atoms with Gasteiger partial charge < -0.3 is 19.7 Å². The minimum atomic E-state index is -5.29. The summed E-state index contributed by atoms with van der Waals surface area (Å²) in [5.74, 6) is -10.5. The van der Waals surface area contributed by atoms with Crippen molar-refractivity contribution in [2.45, 2.75) is 231 Å². The van der Waals surface area contributed by atoms with Crippen LogP contribution in [0.2, 0.25) is 5.02 Å². The Morgan fingerprint density at radius 3 is 1.86 bits per heavy atom. The molecule has 1 N–H and O–H groups in total. The van der Waals surface area contributed by atoms with Crippen LogP contribution in [0.15, 0.2) is 60.7 Å². The molecule has 3 aliphatic rings.